The van der Waals surface area contributed by atoms with Gasteiger partial charge < -0.3 is 9.47 Å². The van der Waals surface area contributed by atoms with Crippen LogP contribution in [0.3, 0.4) is 0 Å². The Balaban J connectivity index is 1.93. The minimum Gasteiger partial charge on any atom is -0.464 e. The van der Waals surface area contributed by atoms with Gasteiger partial charge in [-0.25, -0.2) is 4.79 Å². The highest BCUT2D eigenvalue weighted by Gasteiger charge is 2.08. The Morgan fingerprint density at radius 2 is 1.68 bits per heavy atom. The summed E-state index contributed by atoms with van der Waals surface area (Å²) < 4.78 is 10.5. The Morgan fingerprint density at radius 3 is 2.36 bits per heavy atom. The summed E-state index contributed by atoms with van der Waals surface area (Å²) in [6, 6.07) is 9.82. The van der Waals surface area contributed by atoms with Crippen LogP contribution in [-0.2, 0) is 20.9 Å². The van der Waals surface area contributed by atoms with E-state index in [0.717, 1.165) is 18.4 Å². The summed E-state index contributed by atoms with van der Waals surface area (Å²) in [5.41, 5.74) is 1.48. The molecule has 1 aromatic rings. The zero-order valence-electron chi connectivity index (χ0n) is 14.3. The van der Waals surface area contributed by atoms with Crippen molar-refractivity contribution in [3.05, 3.63) is 35.9 Å². The summed E-state index contributed by atoms with van der Waals surface area (Å²) >= 11 is 0. The lowest BCUT2D eigenvalue weighted by molar-refractivity contribution is -0.149. The van der Waals surface area contributed by atoms with Crippen LogP contribution in [0.1, 0.15) is 58.4 Å². The van der Waals surface area contributed by atoms with Crippen LogP contribution in [0, 0.1) is 5.41 Å². The van der Waals surface area contributed by atoms with Crippen LogP contribution in [0.2, 0.25) is 0 Å². The predicted octanol–water partition coefficient (Wildman–Crippen LogP) is 4.74. The molecular formula is C19H30O3. The second-order valence-corrected chi connectivity index (χ2v) is 6.92. The van der Waals surface area contributed by atoms with E-state index in [4.69, 9.17) is 9.47 Å². The Bertz CT molecular complexity index is 406. The highest BCUT2D eigenvalue weighted by atomic mass is 16.6. The molecule has 1 rings (SSSR count). The van der Waals surface area contributed by atoms with Crippen LogP contribution in [-0.4, -0.2) is 19.2 Å². The van der Waals surface area contributed by atoms with E-state index in [1.54, 1.807) is 0 Å². The summed E-state index contributed by atoms with van der Waals surface area (Å²) in [4.78, 5) is 11.5. The first kappa shape index (κ1) is 18.7. The Kier molecular flexibility index (Phi) is 8.83. The van der Waals surface area contributed by atoms with Crippen LogP contribution >= 0.6 is 0 Å². The number of rotatable bonds is 10. The fraction of sp³-hybridized carbons (Fsp3) is 0.632. The second kappa shape index (κ2) is 10.4. The lowest BCUT2D eigenvalue weighted by Gasteiger charge is -2.17. The van der Waals surface area contributed by atoms with Gasteiger partial charge in [-0.1, -0.05) is 70.4 Å². The molecule has 0 amide bonds. The molecule has 0 aliphatic heterocycles. The fourth-order valence-corrected chi connectivity index (χ4v) is 2.17. The van der Waals surface area contributed by atoms with Gasteiger partial charge in [0.25, 0.3) is 0 Å². The van der Waals surface area contributed by atoms with E-state index in [1.165, 1.54) is 19.3 Å². The summed E-state index contributed by atoms with van der Waals surface area (Å²) in [6.07, 6.45) is 5.76. The molecule has 3 heteroatoms. The third kappa shape index (κ3) is 10.4. The van der Waals surface area contributed by atoms with Gasteiger partial charge in [0.15, 0.2) is 0 Å². The maximum absolute atomic E-state index is 11.5. The van der Waals surface area contributed by atoms with Crippen molar-refractivity contribution in [3.63, 3.8) is 0 Å². The highest BCUT2D eigenvalue weighted by molar-refractivity contribution is 5.70. The van der Waals surface area contributed by atoms with E-state index in [9.17, 15) is 4.79 Å². The predicted molar refractivity (Wildman–Crippen MR) is 89.6 cm³/mol. The van der Waals surface area contributed by atoms with Crippen molar-refractivity contribution < 1.29 is 14.3 Å². The molecule has 1 aromatic carbocycles. The van der Waals surface area contributed by atoms with Gasteiger partial charge in [0, 0.05) is 0 Å². The average molecular weight is 306 g/mol. The molecule has 3 nitrogen and oxygen atoms in total. The molecule has 0 saturated carbocycles. The van der Waals surface area contributed by atoms with E-state index in [2.05, 4.69) is 20.8 Å². The van der Waals surface area contributed by atoms with Crippen LogP contribution < -0.4 is 0 Å². The van der Waals surface area contributed by atoms with E-state index in [0.29, 0.717) is 18.6 Å². The summed E-state index contributed by atoms with van der Waals surface area (Å²) in [6.45, 7) is 7.78. The van der Waals surface area contributed by atoms with E-state index in [1.807, 2.05) is 30.3 Å². The molecule has 0 aliphatic carbocycles. The van der Waals surface area contributed by atoms with Gasteiger partial charge in [-0.3, -0.25) is 0 Å². The zero-order chi connectivity index (χ0) is 16.3. The smallest absolute Gasteiger partial charge is 0.332 e. The maximum atomic E-state index is 11.5. The number of carbonyl (C=O) groups excluding carboxylic acids is 1. The van der Waals surface area contributed by atoms with Gasteiger partial charge in [0.05, 0.1) is 13.2 Å². The molecule has 0 saturated heterocycles. The highest BCUT2D eigenvalue weighted by Crippen LogP contribution is 2.22. The monoisotopic (exact) mass is 306 g/mol. The topological polar surface area (TPSA) is 35.5 Å². The SMILES string of the molecule is CC(C)(C)CCCCCCOC(=O)COCc1ccccc1. The molecule has 0 aromatic heterocycles. The standard InChI is InChI=1S/C19H30O3/c1-19(2,3)13-9-4-5-10-14-22-18(20)16-21-15-17-11-7-6-8-12-17/h6-8,11-12H,4-5,9-10,13-16H2,1-3H3. The normalized spacial score (nSPS) is 11.4. The van der Waals surface area contributed by atoms with Crippen LogP contribution in [0.4, 0.5) is 0 Å². The molecule has 0 heterocycles. The van der Waals surface area contributed by atoms with Gasteiger partial charge >= 0.3 is 5.97 Å². The van der Waals surface area contributed by atoms with Crippen molar-refractivity contribution in [2.45, 2.75) is 59.5 Å². The van der Waals surface area contributed by atoms with Gasteiger partial charge in [-0.15, -0.1) is 0 Å². The van der Waals surface area contributed by atoms with E-state index < -0.39 is 0 Å². The number of benzene rings is 1. The number of carbonyl (C=O) groups is 1. The second-order valence-electron chi connectivity index (χ2n) is 6.92. The first-order chi connectivity index (χ1) is 10.5. The third-order valence-corrected chi connectivity index (χ3v) is 3.42. The fourth-order valence-electron chi connectivity index (χ4n) is 2.17. The lowest BCUT2D eigenvalue weighted by Crippen LogP contribution is -2.13. The summed E-state index contributed by atoms with van der Waals surface area (Å²) in [5, 5.41) is 0. The first-order valence-corrected chi connectivity index (χ1v) is 8.25. The largest absolute Gasteiger partial charge is 0.464 e. The molecule has 0 aliphatic rings. The summed E-state index contributed by atoms with van der Waals surface area (Å²) in [7, 11) is 0. The lowest BCUT2D eigenvalue weighted by atomic mass is 9.89. The summed E-state index contributed by atoms with van der Waals surface area (Å²) in [5.74, 6) is -0.273. The van der Waals surface area contributed by atoms with Crippen molar-refractivity contribution >= 4 is 5.97 Å². The van der Waals surface area contributed by atoms with Crippen LogP contribution in [0.15, 0.2) is 30.3 Å². The minimum absolute atomic E-state index is 0.0267. The van der Waals surface area contributed by atoms with E-state index >= 15 is 0 Å². The van der Waals surface area contributed by atoms with Crippen molar-refractivity contribution in [2.24, 2.45) is 5.41 Å². The van der Waals surface area contributed by atoms with Crippen molar-refractivity contribution in [3.8, 4) is 0 Å². The van der Waals surface area contributed by atoms with Crippen LogP contribution in [0.25, 0.3) is 0 Å². The molecule has 0 radical (unpaired) electrons. The molecule has 0 fully saturated rings. The maximum Gasteiger partial charge on any atom is 0.332 e. The molecule has 0 unspecified atom stereocenters. The van der Waals surface area contributed by atoms with Gasteiger partial charge in [-0.05, 0) is 23.8 Å². The number of ether oxygens (including phenoxy) is 2. The molecule has 124 valence electrons. The molecule has 0 spiro atoms. The number of esters is 1. The molecule has 0 atom stereocenters. The molecule has 22 heavy (non-hydrogen) atoms. The van der Waals surface area contributed by atoms with E-state index in [-0.39, 0.29) is 12.6 Å². The van der Waals surface area contributed by atoms with Gasteiger partial charge in [0.1, 0.15) is 6.61 Å². The molecule has 0 N–H and O–H groups in total. The first-order valence-electron chi connectivity index (χ1n) is 8.25. The number of unbranched alkanes of at least 4 members (excludes halogenated alkanes) is 3. The third-order valence-electron chi connectivity index (χ3n) is 3.42. The Hall–Kier alpha value is -1.35. The molecule has 0 bridgehead atoms. The van der Waals surface area contributed by atoms with Gasteiger partial charge in [-0.2, -0.15) is 0 Å². The quantitative estimate of drug-likeness (QED) is 0.462. The number of hydrogen-bond donors (Lipinski definition) is 0. The van der Waals surface area contributed by atoms with Crippen LogP contribution in [0.5, 0.6) is 0 Å². The minimum atomic E-state index is -0.273. The molecular weight excluding hydrogens is 276 g/mol. The average Bonchev–Trinajstić information content (AvgIpc) is 2.46. The van der Waals surface area contributed by atoms with Crippen molar-refractivity contribution in [1.29, 1.82) is 0 Å². The zero-order valence-corrected chi connectivity index (χ0v) is 14.3. The van der Waals surface area contributed by atoms with Crippen molar-refractivity contribution in [1.82, 2.24) is 0 Å². The number of hydrogen-bond acceptors (Lipinski definition) is 3. The van der Waals surface area contributed by atoms with Gasteiger partial charge in [0.2, 0.25) is 0 Å². The Labute approximate surface area is 135 Å². The Morgan fingerprint density at radius 1 is 1.00 bits per heavy atom. The van der Waals surface area contributed by atoms with Crippen molar-refractivity contribution in [2.75, 3.05) is 13.2 Å².